The lowest BCUT2D eigenvalue weighted by Gasteiger charge is -2.30. The van der Waals surface area contributed by atoms with Crippen LogP contribution in [0.2, 0.25) is 0 Å². The van der Waals surface area contributed by atoms with Crippen LogP contribution in [0, 0.1) is 5.92 Å². The molecule has 26 heavy (non-hydrogen) atoms. The van der Waals surface area contributed by atoms with Gasteiger partial charge in [-0.3, -0.25) is 4.79 Å². The van der Waals surface area contributed by atoms with Crippen molar-refractivity contribution in [2.75, 3.05) is 11.5 Å². The highest BCUT2D eigenvalue weighted by Crippen LogP contribution is 2.34. The number of hydrogen-bond acceptors (Lipinski definition) is 4. The van der Waals surface area contributed by atoms with Gasteiger partial charge in [-0.15, -0.1) is 11.8 Å². The Morgan fingerprint density at radius 2 is 1.88 bits per heavy atom. The van der Waals surface area contributed by atoms with Crippen LogP contribution in [-0.2, 0) is 16.0 Å². The molecule has 4 nitrogen and oxygen atoms in total. The van der Waals surface area contributed by atoms with Crippen LogP contribution < -0.4 is 0 Å². The van der Waals surface area contributed by atoms with E-state index in [1.807, 2.05) is 6.92 Å². The lowest BCUT2D eigenvalue weighted by molar-refractivity contribution is -0.149. The van der Waals surface area contributed by atoms with E-state index < -0.39 is 12.0 Å². The van der Waals surface area contributed by atoms with Crippen LogP contribution in [0.25, 0.3) is 0 Å². The molecule has 144 valence electrons. The van der Waals surface area contributed by atoms with Gasteiger partial charge >= 0.3 is 5.97 Å². The van der Waals surface area contributed by atoms with E-state index in [2.05, 4.69) is 50.7 Å². The van der Waals surface area contributed by atoms with Gasteiger partial charge in [-0.05, 0) is 42.1 Å². The van der Waals surface area contributed by atoms with Gasteiger partial charge in [0, 0.05) is 11.7 Å². The number of likely N-dealkylation sites (tertiary alicyclic amines) is 1. The van der Waals surface area contributed by atoms with Gasteiger partial charge in [-0.2, -0.15) is 12.6 Å². The molecule has 1 amide bonds. The van der Waals surface area contributed by atoms with Crippen LogP contribution in [-0.4, -0.2) is 44.8 Å². The average molecular weight is 396 g/mol. The zero-order chi connectivity index (χ0) is 19.3. The Labute approximate surface area is 166 Å². The van der Waals surface area contributed by atoms with Crippen molar-refractivity contribution in [3.63, 3.8) is 0 Å². The van der Waals surface area contributed by atoms with Crippen molar-refractivity contribution in [1.82, 2.24) is 4.90 Å². The number of nitrogens with zero attached hydrogens (tertiary/aromatic N) is 1. The van der Waals surface area contributed by atoms with Gasteiger partial charge in [0.2, 0.25) is 5.91 Å². The molecule has 0 saturated carbocycles. The molecule has 1 saturated heterocycles. The summed E-state index contributed by atoms with van der Waals surface area (Å²) in [4.78, 5) is 25.8. The number of benzene rings is 1. The van der Waals surface area contributed by atoms with Crippen molar-refractivity contribution in [2.45, 2.75) is 57.4 Å². The molecule has 0 radical (unpaired) electrons. The molecule has 0 bridgehead atoms. The van der Waals surface area contributed by atoms with Crippen LogP contribution in [0.3, 0.4) is 0 Å². The normalized spacial score (nSPS) is 21.2. The Bertz CT molecular complexity index is 618. The smallest absolute Gasteiger partial charge is 0.326 e. The maximum absolute atomic E-state index is 12.6. The molecule has 1 heterocycles. The monoisotopic (exact) mass is 395 g/mol. The SMILES string of the molecule is CC(C)c1ccc(CCS[C@H]2CC[C@@H](C(=O)O)N2C(=O)[C@H](C)CS)cc1. The van der Waals surface area contributed by atoms with E-state index in [-0.39, 0.29) is 17.2 Å². The van der Waals surface area contributed by atoms with Gasteiger partial charge in [0.15, 0.2) is 0 Å². The molecule has 1 N–H and O–H groups in total. The number of aryl methyl sites for hydroxylation is 1. The standard InChI is InChI=1S/C20H29NO3S2/c1-13(2)16-6-4-15(5-7-16)10-11-26-18-9-8-17(20(23)24)21(18)19(22)14(3)12-25/h4-7,13-14,17-18,25H,8-12H2,1-3H3,(H,23,24)/t14-,17+,18+/m1/s1. The molecule has 3 atom stereocenters. The van der Waals surface area contributed by atoms with Crippen LogP contribution >= 0.6 is 24.4 Å². The van der Waals surface area contributed by atoms with Gasteiger partial charge in [0.1, 0.15) is 6.04 Å². The summed E-state index contributed by atoms with van der Waals surface area (Å²) in [5.41, 5.74) is 2.61. The number of carboxylic acid groups (broad SMARTS) is 1. The number of aliphatic carboxylic acids is 1. The molecule has 0 spiro atoms. The van der Waals surface area contributed by atoms with Gasteiger partial charge in [0.05, 0.1) is 5.37 Å². The fourth-order valence-electron chi connectivity index (χ4n) is 3.20. The van der Waals surface area contributed by atoms with E-state index in [4.69, 9.17) is 0 Å². The molecule has 6 heteroatoms. The highest BCUT2D eigenvalue weighted by molar-refractivity contribution is 7.99. The summed E-state index contributed by atoms with van der Waals surface area (Å²) in [7, 11) is 0. The van der Waals surface area contributed by atoms with Crippen LogP contribution in [0.1, 0.15) is 50.7 Å². The Morgan fingerprint density at radius 3 is 2.42 bits per heavy atom. The van der Waals surface area contributed by atoms with E-state index in [0.717, 1.165) is 18.6 Å². The summed E-state index contributed by atoms with van der Waals surface area (Å²) >= 11 is 5.89. The number of rotatable bonds is 8. The molecule has 1 aliphatic rings. The minimum Gasteiger partial charge on any atom is -0.480 e. The molecule has 1 aromatic rings. The van der Waals surface area contributed by atoms with Crippen LogP contribution in [0.15, 0.2) is 24.3 Å². The molecule has 2 rings (SSSR count). The van der Waals surface area contributed by atoms with Crippen LogP contribution in [0.5, 0.6) is 0 Å². The summed E-state index contributed by atoms with van der Waals surface area (Å²) in [5, 5.41) is 9.40. The van der Waals surface area contributed by atoms with Crippen molar-refractivity contribution in [2.24, 2.45) is 5.92 Å². The van der Waals surface area contributed by atoms with Crippen molar-refractivity contribution >= 4 is 36.3 Å². The fourth-order valence-corrected chi connectivity index (χ4v) is 4.69. The van der Waals surface area contributed by atoms with E-state index >= 15 is 0 Å². The Kier molecular flexibility index (Phi) is 7.89. The molecule has 0 aliphatic carbocycles. The first kappa shape index (κ1) is 21.2. The molecule has 1 fully saturated rings. The third-order valence-corrected chi connectivity index (χ3v) is 6.75. The van der Waals surface area contributed by atoms with E-state index in [9.17, 15) is 14.7 Å². The number of carbonyl (C=O) groups is 2. The number of carbonyl (C=O) groups excluding carboxylic acids is 1. The summed E-state index contributed by atoms with van der Waals surface area (Å²) in [5.74, 6) is 0.571. The Morgan fingerprint density at radius 1 is 1.23 bits per heavy atom. The number of thiol groups is 1. The summed E-state index contributed by atoms with van der Waals surface area (Å²) in [6.07, 6.45) is 2.18. The first-order valence-corrected chi connectivity index (χ1v) is 10.9. The topological polar surface area (TPSA) is 57.6 Å². The van der Waals surface area contributed by atoms with Crippen molar-refractivity contribution in [3.8, 4) is 0 Å². The summed E-state index contributed by atoms with van der Waals surface area (Å²) in [6, 6.07) is 7.97. The summed E-state index contributed by atoms with van der Waals surface area (Å²) in [6.45, 7) is 6.17. The number of carboxylic acids is 1. The van der Waals surface area contributed by atoms with Gasteiger partial charge < -0.3 is 10.0 Å². The maximum atomic E-state index is 12.6. The minimum absolute atomic E-state index is 0.0547. The average Bonchev–Trinajstić information content (AvgIpc) is 3.05. The summed E-state index contributed by atoms with van der Waals surface area (Å²) < 4.78 is 0. The third kappa shape index (κ3) is 5.19. The predicted molar refractivity (Wildman–Crippen MR) is 111 cm³/mol. The molecular formula is C20H29NO3S2. The molecular weight excluding hydrogens is 366 g/mol. The predicted octanol–water partition coefficient (Wildman–Crippen LogP) is 4.05. The van der Waals surface area contributed by atoms with Crippen LogP contribution in [0.4, 0.5) is 0 Å². The van der Waals surface area contributed by atoms with Gasteiger partial charge in [-0.1, -0.05) is 45.0 Å². The molecule has 1 aliphatic heterocycles. The third-order valence-electron chi connectivity index (χ3n) is 4.92. The Hall–Kier alpha value is -1.14. The van der Waals surface area contributed by atoms with E-state index in [1.54, 1.807) is 16.7 Å². The molecule has 1 aromatic carbocycles. The largest absolute Gasteiger partial charge is 0.480 e. The van der Waals surface area contributed by atoms with Crippen molar-refractivity contribution in [1.29, 1.82) is 0 Å². The quantitative estimate of drug-likeness (QED) is 0.652. The van der Waals surface area contributed by atoms with Gasteiger partial charge in [-0.25, -0.2) is 4.79 Å². The minimum atomic E-state index is -0.905. The molecule has 0 aromatic heterocycles. The van der Waals surface area contributed by atoms with E-state index in [1.165, 1.54) is 11.1 Å². The number of hydrogen-bond donors (Lipinski definition) is 2. The molecule has 0 unspecified atom stereocenters. The van der Waals surface area contributed by atoms with E-state index in [0.29, 0.717) is 18.1 Å². The first-order valence-electron chi connectivity index (χ1n) is 9.21. The van der Waals surface area contributed by atoms with Crippen molar-refractivity contribution < 1.29 is 14.7 Å². The fraction of sp³-hybridized carbons (Fsp3) is 0.600. The second kappa shape index (κ2) is 9.70. The second-order valence-electron chi connectivity index (χ2n) is 7.23. The zero-order valence-corrected chi connectivity index (χ0v) is 17.4. The highest BCUT2D eigenvalue weighted by atomic mass is 32.2. The number of thioether (sulfide) groups is 1. The Balaban J connectivity index is 1.96. The highest BCUT2D eigenvalue weighted by Gasteiger charge is 2.42. The second-order valence-corrected chi connectivity index (χ2v) is 8.88. The zero-order valence-electron chi connectivity index (χ0n) is 15.7. The maximum Gasteiger partial charge on any atom is 0.326 e. The first-order chi connectivity index (χ1) is 12.3. The number of amides is 1. The van der Waals surface area contributed by atoms with Gasteiger partial charge in [0.25, 0.3) is 0 Å². The lowest BCUT2D eigenvalue weighted by atomic mass is 10.0. The lowest BCUT2D eigenvalue weighted by Crippen LogP contribution is -2.46. The van der Waals surface area contributed by atoms with Crippen molar-refractivity contribution in [3.05, 3.63) is 35.4 Å².